The molecule has 3 nitrogen and oxygen atoms in total. The van der Waals surface area contributed by atoms with E-state index in [-0.39, 0.29) is 0 Å². The average Bonchev–Trinajstić information content (AvgIpc) is 2.38. The number of rotatable bonds is 4. The molecule has 0 saturated heterocycles. The monoisotopic (exact) mass is 234 g/mol. The van der Waals surface area contributed by atoms with Crippen molar-refractivity contribution in [3.05, 3.63) is 24.3 Å². The first-order chi connectivity index (χ1) is 8.29. The lowest BCUT2D eigenvalue weighted by atomic mass is 9.79. The van der Waals surface area contributed by atoms with Gasteiger partial charge in [-0.15, -0.1) is 0 Å². The summed E-state index contributed by atoms with van der Waals surface area (Å²) in [6.45, 7) is 1.28. The van der Waals surface area contributed by atoms with Crippen molar-refractivity contribution in [1.29, 1.82) is 0 Å². The summed E-state index contributed by atoms with van der Waals surface area (Å²) in [7, 11) is 0. The second-order valence-electron chi connectivity index (χ2n) is 4.99. The molecule has 0 spiro atoms. The summed E-state index contributed by atoms with van der Waals surface area (Å²) < 4.78 is 0. The van der Waals surface area contributed by atoms with Gasteiger partial charge in [0.2, 0.25) is 0 Å². The molecule has 0 radical (unpaired) electrons. The van der Waals surface area contributed by atoms with E-state index in [4.69, 9.17) is 5.73 Å². The highest BCUT2D eigenvalue weighted by Crippen LogP contribution is 2.29. The number of nitrogens with one attached hydrogen (secondary N) is 1. The lowest BCUT2D eigenvalue weighted by Crippen LogP contribution is -2.28. The van der Waals surface area contributed by atoms with E-state index in [1.807, 2.05) is 24.3 Å². The zero-order valence-corrected chi connectivity index (χ0v) is 10.2. The number of hydrogen-bond donors (Lipinski definition) is 3. The van der Waals surface area contributed by atoms with Crippen LogP contribution in [0.15, 0.2) is 24.3 Å². The fourth-order valence-corrected chi connectivity index (χ4v) is 2.64. The normalized spacial score (nSPS) is 24.5. The molecule has 4 N–H and O–H groups in total. The highest BCUT2D eigenvalue weighted by molar-refractivity contribution is 5.51. The molecule has 3 heteroatoms. The molecule has 2 atom stereocenters. The lowest BCUT2D eigenvalue weighted by Gasteiger charge is -2.30. The van der Waals surface area contributed by atoms with Gasteiger partial charge in [-0.25, -0.2) is 0 Å². The van der Waals surface area contributed by atoms with Crippen LogP contribution in [0.1, 0.15) is 25.7 Å². The van der Waals surface area contributed by atoms with Gasteiger partial charge >= 0.3 is 0 Å². The fourth-order valence-electron chi connectivity index (χ4n) is 2.64. The van der Waals surface area contributed by atoms with Gasteiger partial charge < -0.3 is 16.2 Å². The van der Waals surface area contributed by atoms with Gasteiger partial charge in [0, 0.05) is 24.5 Å². The summed E-state index contributed by atoms with van der Waals surface area (Å²) in [5.74, 6) is 1.08. The van der Waals surface area contributed by atoms with Crippen LogP contribution in [0.2, 0.25) is 0 Å². The van der Waals surface area contributed by atoms with Crippen molar-refractivity contribution in [2.24, 2.45) is 11.8 Å². The molecule has 1 aliphatic rings. The van der Waals surface area contributed by atoms with Gasteiger partial charge in [0.05, 0.1) is 0 Å². The van der Waals surface area contributed by atoms with Crippen LogP contribution >= 0.6 is 0 Å². The first kappa shape index (κ1) is 12.2. The Hall–Kier alpha value is -1.22. The second-order valence-corrected chi connectivity index (χ2v) is 4.99. The van der Waals surface area contributed by atoms with E-state index >= 15 is 0 Å². The zero-order valence-electron chi connectivity index (χ0n) is 10.2. The van der Waals surface area contributed by atoms with E-state index in [2.05, 4.69) is 5.32 Å². The van der Waals surface area contributed by atoms with Gasteiger partial charge in [-0.1, -0.05) is 12.8 Å². The Bertz CT molecular complexity index is 337. The Morgan fingerprint density at radius 2 is 1.76 bits per heavy atom. The van der Waals surface area contributed by atoms with E-state index in [1.54, 1.807) is 0 Å². The Morgan fingerprint density at radius 1 is 1.12 bits per heavy atom. The maximum absolute atomic E-state index is 9.35. The Labute approximate surface area is 103 Å². The maximum atomic E-state index is 9.35. The number of hydrogen-bond acceptors (Lipinski definition) is 3. The van der Waals surface area contributed by atoms with E-state index in [9.17, 15) is 5.11 Å². The molecule has 94 valence electrons. The van der Waals surface area contributed by atoms with Crippen LogP contribution in [-0.4, -0.2) is 18.3 Å². The van der Waals surface area contributed by atoms with E-state index in [1.165, 1.54) is 25.7 Å². The fraction of sp³-hybridized carbons (Fsp3) is 0.571. The van der Waals surface area contributed by atoms with Crippen molar-refractivity contribution in [2.75, 3.05) is 24.2 Å². The van der Waals surface area contributed by atoms with Crippen LogP contribution in [-0.2, 0) is 0 Å². The molecular weight excluding hydrogens is 212 g/mol. The minimum atomic E-state index is 0.327. The molecular formula is C14H22N2O. The molecule has 0 aromatic heterocycles. The first-order valence-corrected chi connectivity index (χ1v) is 6.50. The third-order valence-corrected chi connectivity index (χ3v) is 3.78. The molecule has 2 rings (SSSR count). The molecule has 1 fully saturated rings. The summed E-state index contributed by atoms with van der Waals surface area (Å²) in [6, 6.07) is 7.83. The Morgan fingerprint density at radius 3 is 2.41 bits per heavy atom. The largest absolute Gasteiger partial charge is 0.399 e. The SMILES string of the molecule is Nc1ccc(NCC2CCCCC2CO)cc1. The topological polar surface area (TPSA) is 58.3 Å². The number of nitrogens with two attached hydrogens (primary N) is 1. The van der Waals surface area contributed by atoms with Crippen molar-refractivity contribution >= 4 is 11.4 Å². The molecule has 1 aliphatic carbocycles. The summed E-state index contributed by atoms with van der Waals surface area (Å²) in [6.07, 6.45) is 4.96. The number of aliphatic hydroxyl groups excluding tert-OH is 1. The average molecular weight is 234 g/mol. The number of anilines is 2. The van der Waals surface area contributed by atoms with E-state index in [0.717, 1.165) is 17.9 Å². The highest BCUT2D eigenvalue weighted by atomic mass is 16.3. The van der Waals surface area contributed by atoms with Gasteiger partial charge in [0.1, 0.15) is 0 Å². The van der Waals surface area contributed by atoms with Crippen LogP contribution < -0.4 is 11.1 Å². The van der Waals surface area contributed by atoms with Crippen LogP contribution in [0.5, 0.6) is 0 Å². The quantitative estimate of drug-likeness (QED) is 0.701. The van der Waals surface area contributed by atoms with Crippen molar-refractivity contribution in [1.82, 2.24) is 0 Å². The molecule has 0 aliphatic heterocycles. The number of nitrogen functional groups attached to an aromatic ring is 1. The summed E-state index contributed by atoms with van der Waals surface area (Å²) in [5.41, 5.74) is 7.55. The van der Waals surface area contributed by atoms with E-state index < -0.39 is 0 Å². The minimum absolute atomic E-state index is 0.327. The third kappa shape index (κ3) is 3.37. The van der Waals surface area contributed by atoms with Gasteiger partial charge in [-0.05, 0) is 48.9 Å². The van der Waals surface area contributed by atoms with Gasteiger partial charge in [0.15, 0.2) is 0 Å². The van der Waals surface area contributed by atoms with Crippen LogP contribution in [0.25, 0.3) is 0 Å². The Kier molecular flexibility index (Phi) is 4.26. The third-order valence-electron chi connectivity index (χ3n) is 3.78. The predicted molar refractivity (Wildman–Crippen MR) is 71.9 cm³/mol. The van der Waals surface area contributed by atoms with Crippen molar-refractivity contribution in [3.63, 3.8) is 0 Å². The first-order valence-electron chi connectivity index (χ1n) is 6.50. The highest BCUT2D eigenvalue weighted by Gasteiger charge is 2.23. The lowest BCUT2D eigenvalue weighted by molar-refractivity contribution is 0.141. The summed E-state index contributed by atoms with van der Waals surface area (Å²) in [5, 5.41) is 12.8. The number of aliphatic hydroxyl groups is 1. The molecule has 1 aromatic carbocycles. The van der Waals surface area contributed by atoms with Crippen molar-refractivity contribution in [3.8, 4) is 0 Å². The van der Waals surface area contributed by atoms with Crippen LogP contribution in [0.3, 0.4) is 0 Å². The smallest absolute Gasteiger partial charge is 0.0462 e. The minimum Gasteiger partial charge on any atom is -0.399 e. The van der Waals surface area contributed by atoms with Crippen LogP contribution in [0, 0.1) is 11.8 Å². The van der Waals surface area contributed by atoms with Crippen molar-refractivity contribution in [2.45, 2.75) is 25.7 Å². The second kappa shape index (κ2) is 5.92. The molecule has 1 aromatic rings. The molecule has 2 unspecified atom stereocenters. The van der Waals surface area contributed by atoms with Crippen molar-refractivity contribution < 1.29 is 5.11 Å². The van der Waals surface area contributed by atoms with E-state index in [0.29, 0.717) is 18.4 Å². The van der Waals surface area contributed by atoms with Gasteiger partial charge in [-0.2, -0.15) is 0 Å². The van der Waals surface area contributed by atoms with Gasteiger partial charge in [0.25, 0.3) is 0 Å². The molecule has 0 heterocycles. The summed E-state index contributed by atoms with van der Waals surface area (Å²) >= 11 is 0. The standard InChI is InChI=1S/C14H22N2O/c15-13-5-7-14(8-6-13)16-9-11-3-1-2-4-12(11)10-17/h5-8,11-12,16-17H,1-4,9-10,15H2. The van der Waals surface area contributed by atoms with Gasteiger partial charge in [-0.3, -0.25) is 0 Å². The Balaban J connectivity index is 1.86. The predicted octanol–water partition coefficient (Wildman–Crippen LogP) is 2.48. The number of benzene rings is 1. The summed E-state index contributed by atoms with van der Waals surface area (Å²) in [4.78, 5) is 0. The molecule has 0 bridgehead atoms. The molecule has 17 heavy (non-hydrogen) atoms. The maximum Gasteiger partial charge on any atom is 0.0462 e. The molecule has 1 saturated carbocycles. The molecule has 0 amide bonds. The van der Waals surface area contributed by atoms with Crippen LogP contribution in [0.4, 0.5) is 11.4 Å². The zero-order chi connectivity index (χ0) is 12.1.